The normalized spacial score (nSPS) is 20.2. The molecule has 1 fully saturated rings. The number of hydrogen-bond acceptors (Lipinski definition) is 2. The van der Waals surface area contributed by atoms with Gasteiger partial charge in [0.2, 0.25) is 5.91 Å². The van der Waals surface area contributed by atoms with Crippen molar-refractivity contribution in [2.45, 2.75) is 64.8 Å². The molecule has 0 spiro atoms. The first-order valence-corrected chi connectivity index (χ1v) is 7.18. The molecule has 0 bridgehead atoms. The Labute approximate surface area is 106 Å². The van der Waals surface area contributed by atoms with Crippen LogP contribution in [0.25, 0.3) is 0 Å². The maximum absolute atomic E-state index is 11.7. The van der Waals surface area contributed by atoms with Gasteiger partial charge in [0.05, 0.1) is 6.04 Å². The van der Waals surface area contributed by atoms with E-state index in [2.05, 4.69) is 12.2 Å². The van der Waals surface area contributed by atoms with E-state index in [4.69, 9.17) is 5.73 Å². The van der Waals surface area contributed by atoms with Crippen LogP contribution in [0.2, 0.25) is 0 Å². The van der Waals surface area contributed by atoms with Gasteiger partial charge in [0, 0.05) is 6.54 Å². The Bertz CT molecular complexity index is 224. The molecule has 0 aromatic rings. The van der Waals surface area contributed by atoms with Gasteiger partial charge in [-0.25, -0.2) is 0 Å². The van der Waals surface area contributed by atoms with Crippen LogP contribution in [0.1, 0.15) is 58.8 Å². The molecular formula is C14H28N2O. The molecule has 3 heteroatoms. The van der Waals surface area contributed by atoms with Crippen LogP contribution in [0.3, 0.4) is 0 Å². The summed E-state index contributed by atoms with van der Waals surface area (Å²) in [7, 11) is 0. The quantitative estimate of drug-likeness (QED) is 0.672. The lowest BCUT2D eigenvalue weighted by molar-refractivity contribution is -0.123. The molecule has 0 unspecified atom stereocenters. The Morgan fingerprint density at radius 1 is 1.41 bits per heavy atom. The minimum Gasteiger partial charge on any atom is -0.355 e. The Kier molecular flexibility index (Phi) is 6.56. The molecule has 1 amide bonds. The summed E-state index contributed by atoms with van der Waals surface area (Å²) in [4.78, 5) is 11.7. The number of carbonyl (C=O) groups excluding carboxylic acids is 1. The van der Waals surface area contributed by atoms with Crippen LogP contribution >= 0.6 is 0 Å². The second-order valence-corrected chi connectivity index (χ2v) is 5.50. The van der Waals surface area contributed by atoms with Crippen LogP contribution in [-0.2, 0) is 4.79 Å². The summed E-state index contributed by atoms with van der Waals surface area (Å²) in [6, 6.07) is -0.341. The van der Waals surface area contributed by atoms with E-state index in [1.165, 1.54) is 32.1 Å². The fraction of sp³-hybridized carbons (Fsp3) is 0.929. The first kappa shape index (κ1) is 14.5. The molecule has 0 aromatic carbocycles. The molecule has 17 heavy (non-hydrogen) atoms. The van der Waals surface area contributed by atoms with Crippen LogP contribution in [-0.4, -0.2) is 18.5 Å². The second-order valence-electron chi connectivity index (χ2n) is 5.50. The molecule has 0 saturated heterocycles. The molecule has 3 N–H and O–H groups in total. The topological polar surface area (TPSA) is 55.1 Å². The van der Waals surface area contributed by atoms with Gasteiger partial charge in [-0.05, 0) is 24.7 Å². The van der Waals surface area contributed by atoms with Crippen molar-refractivity contribution in [2.75, 3.05) is 6.54 Å². The summed E-state index contributed by atoms with van der Waals surface area (Å²) in [5.41, 5.74) is 5.86. The smallest absolute Gasteiger partial charge is 0.237 e. The van der Waals surface area contributed by atoms with Gasteiger partial charge in [-0.15, -0.1) is 0 Å². The van der Waals surface area contributed by atoms with Crippen LogP contribution in [0.5, 0.6) is 0 Å². The average Bonchev–Trinajstić information content (AvgIpc) is 2.85. The summed E-state index contributed by atoms with van der Waals surface area (Å²) < 4.78 is 0. The molecule has 1 aliphatic rings. The molecule has 3 nitrogen and oxygen atoms in total. The van der Waals surface area contributed by atoms with E-state index >= 15 is 0 Å². The van der Waals surface area contributed by atoms with E-state index < -0.39 is 0 Å². The molecule has 1 saturated carbocycles. The molecular weight excluding hydrogens is 212 g/mol. The van der Waals surface area contributed by atoms with E-state index in [0.717, 1.165) is 25.3 Å². The van der Waals surface area contributed by atoms with Crippen LogP contribution in [0, 0.1) is 11.8 Å². The third-order valence-corrected chi connectivity index (χ3v) is 4.12. The average molecular weight is 240 g/mol. The van der Waals surface area contributed by atoms with Gasteiger partial charge in [-0.3, -0.25) is 4.79 Å². The third kappa shape index (κ3) is 5.07. The van der Waals surface area contributed by atoms with Crippen molar-refractivity contribution in [2.24, 2.45) is 17.6 Å². The predicted molar refractivity (Wildman–Crippen MR) is 71.6 cm³/mol. The predicted octanol–water partition coefficient (Wildman–Crippen LogP) is 2.45. The second kappa shape index (κ2) is 7.70. The number of amides is 1. The number of hydrogen-bond donors (Lipinski definition) is 2. The number of rotatable bonds is 7. The lowest BCUT2D eigenvalue weighted by Crippen LogP contribution is -2.44. The lowest BCUT2D eigenvalue weighted by Gasteiger charge is -2.18. The molecule has 0 aliphatic heterocycles. The van der Waals surface area contributed by atoms with Gasteiger partial charge < -0.3 is 11.1 Å². The highest BCUT2D eigenvalue weighted by molar-refractivity contribution is 5.81. The Hall–Kier alpha value is -0.570. The zero-order chi connectivity index (χ0) is 12.7. The van der Waals surface area contributed by atoms with Crippen molar-refractivity contribution >= 4 is 5.91 Å². The maximum atomic E-state index is 11.7. The summed E-state index contributed by atoms with van der Waals surface area (Å²) in [5.74, 6) is 1.20. The van der Waals surface area contributed by atoms with Gasteiger partial charge in [0.1, 0.15) is 0 Å². The molecule has 2 atom stereocenters. The van der Waals surface area contributed by atoms with E-state index in [1.807, 2.05) is 6.92 Å². The van der Waals surface area contributed by atoms with Crippen LogP contribution in [0.15, 0.2) is 0 Å². The van der Waals surface area contributed by atoms with Crippen molar-refractivity contribution in [3.05, 3.63) is 0 Å². The van der Waals surface area contributed by atoms with Crippen molar-refractivity contribution in [3.8, 4) is 0 Å². The molecule has 0 radical (unpaired) electrons. The third-order valence-electron chi connectivity index (χ3n) is 4.12. The van der Waals surface area contributed by atoms with Gasteiger partial charge in [0.15, 0.2) is 0 Å². The molecule has 0 heterocycles. The highest BCUT2D eigenvalue weighted by Gasteiger charge is 2.19. The van der Waals surface area contributed by atoms with Crippen molar-refractivity contribution < 1.29 is 4.79 Å². The molecule has 1 rings (SSSR count). The number of nitrogens with two attached hydrogens (primary N) is 1. The highest BCUT2D eigenvalue weighted by Crippen LogP contribution is 2.28. The fourth-order valence-corrected chi connectivity index (χ4v) is 2.53. The number of nitrogens with one attached hydrogen (secondary N) is 1. The van der Waals surface area contributed by atoms with Gasteiger partial charge in [0.25, 0.3) is 0 Å². The van der Waals surface area contributed by atoms with Gasteiger partial charge in [-0.1, -0.05) is 46.0 Å². The zero-order valence-corrected chi connectivity index (χ0v) is 11.4. The van der Waals surface area contributed by atoms with E-state index in [1.54, 1.807) is 0 Å². The van der Waals surface area contributed by atoms with Crippen LogP contribution < -0.4 is 11.1 Å². The number of carbonyl (C=O) groups is 1. The first-order chi connectivity index (χ1) is 8.15. The Morgan fingerprint density at radius 3 is 2.65 bits per heavy atom. The SMILES string of the molecule is CC[C@H](C)[C@H](N)C(=O)NCCCC1CCCC1. The Balaban J connectivity index is 2.06. The summed E-state index contributed by atoms with van der Waals surface area (Å²) in [6.45, 7) is 4.89. The summed E-state index contributed by atoms with van der Waals surface area (Å²) in [5, 5.41) is 2.96. The van der Waals surface area contributed by atoms with Crippen molar-refractivity contribution in [1.82, 2.24) is 5.32 Å². The van der Waals surface area contributed by atoms with E-state index in [0.29, 0.717) is 0 Å². The standard InChI is InChI=1S/C14H28N2O/c1-3-11(2)13(15)14(17)16-10-6-9-12-7-4-5-8-12/h11-13H,3-10,15H2,1-2H3,(H,16,17)/t11-,13-/m0/s1. The highest BCUT2D eigenvalue weighted by atomic mass is 16.2. The fourth-order valence-electron chi connectivity index (χ4n) is 2.53. The Morgan fingerprint density at radius 2 is 2.06 bits per heavy atom. The molecule has 0 aromatic heterocycles. The largest absolute Gasteiger partial charge is 0.355 e. The van der Waals surface area contributed by atoms with Gasteiger partial charge >= 0.3 is 0 Å². The zero-order valence-electron chi connectivity index (χ0n) is 11.4. The monoisotopic (exact) mass is 240 g/mol. The van der Waals surface area contributed by atoms with Gasteiger partial charge in [-0.2, -0.15) is 0 Å². The maximum Gasteiger partial charge on any atom is 0.237 e. The summed E-state index contributed by atoms with van der Waals surface area (Å²) in [6.07, 6.45) is 8.89. The van der Waals surface area contributed by atoms with E-state index in [-0.39, 0.29) is 17.9 Å². The van der Waals surface area contributed by atoms with Crippen molar-refractivity contribution in [1.29, 1.82) is 0 Å². The molecule has 100 valence electrons. The lowest BCUT2D eigenvalue weighted by atomic mass is 9.99. The first-order valence-electron chi connectivity index (χ1n) is 7.18. The van der Waals surface area contributed by atoms with Crippen molar-refractivity contribution in [3.63, 3.8) is 0 Å². The molecule has 1 aliphatic carbocycles. The minimum atomic E-state index is -0.341. The summed E-state index contributed by atoms with van der Waals surface area (Å²) >= 11 is 0. The van der Waals surface area contributed by atoms with E-state index in [9.17, 15) is 4.79 Å². The van der Waals surface area contributed by atoms with Crippen LogP contribution in [0.4, 0.5) is 0 Å². The minimum absolute atomic E-state index is 0.0192.